The summed E-state index contributed by atoms with van der Waals surface area (Å²) in [7, 11) is 0. The summed E-state index contributed by atoms with van der Waals surface area (Å²) in [5.74, 6) is 0.655. The Bertz CT molecular complexity index is 645. The summed E-state index contributed by atoms with van der Waals surface area (Å²) in [5, 5.41) is 19.1. The molecule has 0 unspecified atom stereocenters. The molecule has 1 fully saturated rings. The number of aromatic nitrogens is 3. The van der Waals surface area contributed by atoms with Crippen molar-refractivity contribution in [1.82, 2.24) is 19.9 Å². The summed E-state index contributed by atoms with van der Waals surface area (Å²) in [4.78, 5) is 2.45. The van der Waals surface area contributed by atoms with E-state index in [1.807, 2.05) is 23.0 Å². The van der Waals surface area contributed by atoms with E-state index in [-0.39, 0.29) is 5.54 Å². The van der Waals surface area contributed by atoms with Gasteiger partial charge in [-0.15, -0.1) is 5.10 Å². The third-order valence-corrected chi connectivity index (χ3v) is 4.96. The van der Waals surface area contributed by atoms with Crippen LogP contribution in [0.25, 0.3) is 0 Å². The van der Waals surface area contributed by atoms with Crippen molar-refractivity contribution in [2.24, 2.45) is 0 Å². The topological polar surface area (TPSA) is 67.3 Å². The van der Waals surface area contributed by atoms with Crippen LogP contribution in [0.5, 0.6) is 0 Å². The van der Waals surface area contributed by atoms with Crippen LogP contribution in [0.15, 0.2) is 29.0 Å². The summed E-state index contributed by atoms with van der Waals surface area (Å²) >= 11 is 0. The Balaban J connectivity index is 1.69. The van der Waals surface area contributed by atoms with Crippen LogP contribution in [0.4, 0.5) is 0 Å². The zero-order valence-corrected chi connectivity index (χ0v) is 15.6. The van der Waals surface area contributed by atoms with Gasteiger partial charge in [0, 0.05) is 12.6 Å². The Hall–Kier alpha value is -1.66. The lowest BCUT2D eigenvalue weighted by molar-refractivity contribution is 0.0825. The van der Waals surface area contributed by atoms with E-state index in [2.05, 4.69) is 36.0 Å². The number of hydrogen-bond acceptors (Lipinski definition) is 5. The first-order chi connectivity index (χ1) is 11.9. The van der Waals surface area contributed by atoms with Gasteiger partial charge in [0.05, 0.1) is 23.7 Å². The van der Waals surface area contributed by atoms with Gasteiger partial charge in [0.15, 0.2) is 0 Å². The standard InChI is InChI=1S/C19H30N4O2/c1-19(2,3)23-14-15(20-21-23)13-22-10-6-4-5-8-16(22)12-17(24)18-9-7-11-25-18/h7,9,11,14,16-17,24H,4-6,8,10,12-13H2,1-3H3/t16-,17+/m1/s1. The Morgan fingerprint density at radius 2 is 2.16 bits per heavy atom. The van der Waals surface area contributed by atoms with Gasteiger partial charge < -0.3 is 9.52 Å². The molecule has 6 heteroatoms. The first-order valence-electron chi connectivity index (χ1n) is 9.31. The van der Waals surface area contributed by atoms with Crippen LogP contribution in [0.1, 0.15) is 70.4 Å². The zero-order chi connectivity index (χ0) is 17.9. The van der Waals surface area contributed by atoms with Gasteiger partial charge in [-0.05, 0) is 58.7 Å². The average molecular weight is 346 g/mol. The maximum Gasteiger partial charge on any atom is 0.132 e. The molecule has 1 saturated heterocycles. The fraction of sp³-hybridized carbons (Fsp3) is 0.684. The molecule has 1 aliphatic heterocycles. The maximum atomic E-state index is 10.5. The number of likely N-dealkylation sites (tertiary alicyclic amines) is 1. The van der Waals surface area contributed by atoms with E-state index >= 15 is 0 Å². The van der Waals surface area contributed by atoms with Crippen LogP contribution in [0.2, 0.25) is 0 Å². The van der Waals surface area contributed by atoms with E-state index in [4.69, 9.17) is 4.42 Å². The van der Waals surface area contributed by atoms with E-state index in [1.165, 1.54) is 19.3 Å². The molecule has 2 aromatic heterocycles. The molecule has 2 aromatic rings. The van der Waals surface area contributed by atoms with Crippen LogP contribution >= 0.6 is 0 Å². The number of aliphatic hydroxyl groups excluding tert-OH is 1. The molecule has 2 atom stereocenters. The maximum absolute atomic E-state index is 10.5. The summed E-state index contributed by atoms with van der Waals surface area (Å²) < 4.78 is 7.29. The molecule has 1 N–H and O–H groups in total. The molecule has 6 nitrogen and oxygen atoms in total. The second kappa shape index (κ2) is 7.70. The molecule has 25 heavy (non-hydrogen) atoms. The second-order valence-electron chi connectivity index (χ2n) is 8.07. The van der Waals surface area contributed by atoms with Gasteiger partial charge in [0.25, 0.3) is 0 Å². The molecule has 0 saturated carbocycles. The molecule has 3 rings (SSSR count). The largest absolute Gasteiger partial charge is 0.467 e. The number of furan rings is 1. The molecule has 1 aliphatic rings. The minimum atomic E-state index is -0.550. The van der Waals surface area contributed by atoms with Gasteiger partial charge in [0.2, 0.25) is 0 Å². The van der Waals surface area contributed by atoms with Crippen LogP contribution < -0.4 is 0 Å². The lowest BCUT2D eigenvalue weighted by atomic mass is 10.0. The Kier molecular flexibility index (Phi) is 5.59. The van der Waals surface area contributed by atoms with Crippen LogP contribution in [-0.4, -0.2) is 37.6 Å². The predicted molar refractivity (Wildman–Crippen MR) is 96.0 cm³/mol. The van der Waals surface area contributed by atoms with Gasteiger partial charge >= 0.3 is 0 Å². The quantitative estimate of drug-likeness (QED) is 0.897. The lowest BCUT2D eigenvalue weighted by Gasteiger charge is -2.30. The molecule has 0 radical (unpaired) electrons. The van der Waals surface area contributed by atoms with E-state index < -0.39 is 6.10 Å². The van der Waals surface area contributed by atoms with Crippen molar-refractivity contribution >= 4 is 0 Å². The van der Waals surface area contributed by atoms with Crippen molar-refractivity contribution in [3.63, 3.8) is 0 Å². The van der Waals surface area contributed by atoms with Crippen LogP contribution in [0.3, 0.4) is 0 Å². The van der Waals surface area contributed by atoms with Gasteiger partial charge in [-0.25, -0.2) is 4.68 Å². The Labute approximate surface area is 149 Å². The van der Waals surface area contributed by atoms with E-state index in [0.717, 1.165) is 25.2 Å². The minimum Gasteiger partial charge on any atom is -0.467 e. The normalized spacial score (nSPS) is 21.2. The summed E-state index contributed by atoms with van der Waals surface area (Å²) in [6.07, 6.45) is 8.57. The van der Waals surface area contributed by atoms with Crippen molar-refractivity contribution < 1.29 is 9.52 Å². The van der Waals surface area contributed by atoms with Crippen LogP contribution in [-0.2, 0) is 12.1 Å². The third kappa shape index (κ3) is 4.70. The van der Waals surface area contributed by atoms with E-state index in [0.29, 0.717) is 18.2 Å². The smallest absolute Gasteiger partial charge is 0.132 e. The molecular weight excluding hydrogens is 316 g/mol. The molecule has 3 heterocycles. The lowest BCUT2D eigenvalue weighted by Crippen LogP contribution is -2.35. The van der Waals surface area contributed by atoms with Crippen LogP contribution in [0, 0.1) is 0 Å². The fourth-order valence-corrected chi connectivity index (χ4v) is 3.47. The summed E-state index contributed by atoms with van der Waals surface area (Å²) in [6, 6.07) is 4.01. The Morgan fingerprint density at radius 3 is 2.84 bits per heavy atom. The highest BCUT2D eigenvalue weighted by atomic mass is 16.4. The fourth-order valence-electron chi connectivity index (χ4n) is 3.47. The van der Waals surface area contributed by atoms with E-state index in [9.17, 15) is 5.11 Å². The second-order valence-corrected chi connectivity index (χ2v) is 8.07. The highest BCUT2D eigenvalue weighted by Crippen LogP contribution is 2.27. The number of aliphatic hydroxyl groups is 1. The third-order valence-electron chi connectivity index (χ3n) is 4.96. The van der Waals surface area contributed by atoms with Crippen molar-refractivity contribution in [2.45, 2.75) is 77.1 Å². The Morgan fingerprint density at radius 1 is 1.32 bits per heavy atom. The zero-order valence-electron chi connectivity index (χ0n) is 15.6. The first-order valence-corrected chi connectivity index (χ1v) is 9.31. The minimum absolute atomic E-state index is 0.0566. The molecule has 0 bridgehead atoms. The van der Waals surface area contributed by atoms with Gasteiger partial charge in [0.1, 0.15) is 11.9 Å². The molecule has 138 valence electrons. The average Bonchev–Trinajstić information content (AvgIpc) is 3.19. The first kappa shape index (κ1) is 18.1. The molecule has 0 spiro atoms. The molecule has 0 amide bonds. The van der Waals surface area contributed by atoms with Crippen molar-refractivity contribution in [2.75, 3.05) is 6.54 Å². The highest BCUT2D eigenvalue weighted by molar-refractivity contribution is 5.03. The highest BCUT2D eigenvalue weighted by Gasteiger charge is 2.26. The molecule has 0 aliphatic carbocycles. The number of rotatable bonds is 5. The molecular formula is C19H30N4O2. The SMILES string of the molecule is CC(C)(C)n1cc(CN2CCCCC[C@@H]2C[C@H](O)c2ccco2)nn1. The van der Waals surface area contributed by atoms with Gasteiger partial charge in [-0.2, -0.15) is 0 Å². The monoisotopic (exact) mass is 346 g/mol. The molecule has 0 aromatic carbocycles. The predicted octanol–water partition coefficient (Wildman–Crippen LogP) is 3.49. The van der Waals surface area contributed by atoms with Crippen molar-refractivity contribution in [3.05, 3.63) is 36.0 Å². The number of hydrogen-bond donors (Lipinski definition) is 1. The number of nitrogens with zero attached hydrogens (tertiary/aromatic N) is 4. The van der Waals surface area contributed by atoms with E-state index in [1.54, 1.807) is 6.26 Å². The summed E-state index contributed by atoms with van der Waals surface area (Å²) in [5.41, 5.74) is 0.938. The summed E-state index contributed by atoms with van der Waals surface area (Å²) in [6.45, 7) is 8.20. The van der Waals surface area contributed by atoms with Gasteiger partial charge in [-0.3, -0.25) is 4.90 Å². The van der Waals surface area contributed by atoms with Gasteiger partial charge in [-0.1, -0.05) is 18.1 Å². The van der Waals surface area contributed by atoms with Crippen molar-refractivity contribution in [1.29, 1.82) is 0 Å². The van der Waals surface area contributed by atoms with Crippen molar-refractivity contribution in [3.8, 4) is 0 Å².